The van der Waals surface area contributed by atoms with Gasteiger partial charge in [-0.3, -0.25) is 4.79 Å². The van der Waals surface area contributed by atoms with Gasteiger partial charge in [0.2, 0.25) is 5.91 Å². The number of alkyl carbamates (subject to hydrolysis) is 1. The number of nitrogens with zero attached hydrogens (tertiary/aromatic N) is 1. The second-order valence-electron chi connectivity index (χ2n) is 5.43. The van der Waals surface area contributed by atoms with Crippen molar-refractivity contribution in [3.63, 3.8) is 0 Å². The van der Waals surface area contributed by atoms with E-state index in [1.54, 1.807) is 12.0 Å². The Morgan fingerprint density at radius 2 is 2.20 bits per heavy atom. The van der Waals surface area contributed by atoms with Gasteiger partial charge in [0.05, 0.1) is 19.3 Å². The number of carbonyl (C=O) groups excluding carboxylic acids is 2. The van der Waals surface area contributed by atoms with E-state index < -0.39 is 6.09 Å². The highest BCUT2D eigenvalue weighted by Gasteiger charge is 2.30. The first-order valence-corrected chi connectivity index (χ1v) is 6.79. The molecule has 0 aromatic heterocycles. The zero-order valence-corrected chi connectivity index (χ0v) is 12.5. The molecule has 6 nitrogen and oxygen atoms in total. The predicted octanol–water partition coefficient (Wildman–Crippen LogP) is 1.17. The van der Waals surface area contributed by atoms with Crippen LogP contribution < -0.4 is 5.32 Å². The molecule has 0 aromatic carbocycles. The summed E-state index contributed by atoms with van der Waals surface area (Å²) in [4.78, 5) is 25.2. The number of amides is 2. The molecule has 114 valence electrons. The van der Waals surface area contributed by atoms with E-state index in [0.29, 0.717) is 19.8 Å². The van der Waals surface area contributed by atoms with Gasteiger partial charge in [0, 0.05) is 13.7 Å². The summed E-state index contributed by atoms with van der Waals surface area (Å²) in [7, 11) is 1.60. The first-order valence-electron chi connectivity index (χ1n) is 6.79. The molecule has 1 fully saturated rings. The number of ether oxygens (including phenoxy) is 2. The molecule has 1 aliphatic rings. The third kappa shape index (κ3) is 5.21. The summed E-state index contributed by atoms with van der Waals surface area (Å²) >= 11 is 0. The minimum absolute atomic E-state index is 0.00786. The molecule has 0 aliphatic carbocycles. The molecule has 1 heterocycles. The van der Waals surface area contributed by atoms with Crippen LogP contribution >= 0.6 is 0 Å². The largest absolute Gasteiger partial charge is 0.449 e. The highest BCUT2D eigenvalue weighted by Crippen LogP contribution is 2.21. The van der Waals surface area contributed by atoms with Crippen LogP contribution in [0.5, 0.6) is 0 Å². The van der Waals surface area contributed by atoms with Crippen LogP contribution in [0.15, 0.2) is 12.2 Å². The summed E-state index contributed by atoms with van der Waals surface area (Å²) in [5.74, 6) is 0.122. The van der Waals surface area contributed by atoms with Crippen molar-refractivity contribution < 1.29 is 19.1 Å². The van der Waals surface area contributed by atoms with Gasteiger partial charge >= 0.3 is 6.09 Å². The van der Waals surface area contributed by atoms with Gasteiger partial charge in [0.25, 0.3) is 0 Å². The number of methoxy groups -OCH3 is 1. The van der Waals surface area contributed by atoms with Crippen molar-refractivity contribution in [1.82, 2.24) is 10.2 Å². The monoisotopic (exact) mass is 284 g/mol. The fraction of sp³-hybridized carbons (Fsp3) is 0.714. The van der Waals surface area contributed by atoms with Gasteiger partial charge in [-0.25, -0.2) is 4.79 Å². The molecule has 0 aromatic rings. The van der Waals surface area contributed by atoms with Crippen molar-refractivity contribution in [3.8, 4) is 0 Å². The second-order valence-corrected chi connectivity index (χ2v) is 5.43. The maximum Gasteiger partial charge on any atom is 0.407 e. The van der Waals surface area contributed by atoms with Crippen LogP contribution in [0.3, 0.4) is 0 Å². The minimum atomic E-state index is -0.562. The standard InChI is InChI=1S/C14H24N2O4/c1-10(2)8-20-14(18)15-6-13(17)16-7-11(3)5-12(16)9-19-4/h10,12H,3,5-9H2,1-2,4H3,(H,15,18)/t12-/m0/s1. The van der Waals surface area contributed by atoms with Gasteiger partial charge in [-0.1, -0.05) is 26.0 Å². The molecule has 0 saturated carbocycles. The summed E-state index contributed by atoms with van der Waals surface area (Å²) < 4.78 is 10.0. The second kappa shape index (κ2) is 7.89. The minimum Gasteiger partial charge on any atom is -0.449 e. The molecule has 0 unspecified atom stereocenters. The normalized spacial score (nSPS) is 18.5. The van der Waals surface area contributed by atoms with Crippen molar-refractivity contribution in [1.29, 1.82) is 0 Å². The molecule has 0 spiro atoms. The summed E-state index contributed by atoms with van der Waals surface area (Å²) in [5.41, 5.74) is 1.00. The smallest absolute Gasteiger partial charge is 0.407 e. The van der Waals surface area contributed by atoms with Crippen molar-refractivity contribution in [3.05, 3.63) is 12.2 Å². The third-order valence-corrected chi connectivity index (χ3v) is 2.97. The Kier molecular flexibility index (Phi) is 6.51. The molecule has 1 rings (SSSR count). The lowest BCUT2D eigenvalue weighted by molar-refractivity contribution is -0.131. The molecule has 0 radical (unpaired) electrons. The number of rotatable bonds is 6. The Bertz CT molecular complexity index is 368. The summed E-state index contributed by atoms with van der Waals surface area (Å²) in [6, 6.07) is 0.00786. The van der Waals surface area contributed by atoms with Crippen LogP contribution in [0.2, 0.25) is 0 Å². The molecule has 0 bridgehead atoms. The Morgan fingerprint density at radius 1 is 1.50 bits per heavy atom. The van der Waals surface area contributed by atoms with Crippen LogP contribution in [0.1, 0.15) is 20.3 Å². The number of nitrogens with one attached hydrogen (secondary N) is 1. The van der Waals surface area contributed by atoms with E-state index >= 15 is 0 Å². The van der Waals surface area contributed by atoms with E-state index in [9.17, 15) is 9.59 Å². The van der Waals surface area contributed by atoms with Gasteiger partial charge in [0.15, 0.2) is 0 Å². The lowest BCUT2D eigenvalue weighted by atomic mass is 10.2. The summed E-state index contributed by atoms with van der Waals surface area (Å²) in [5, 5.41) is 2.47. The summed E-state index contributed by atoms with van der Waals surface area (Å²) in [6.07, 6.45) is 0.186. The van der Waals surface area contributed by atoms with Gasteiger partial charge < -0.3 is 19.7 Å². The van der Waals surface area contributed by atoms with E-state index in [0.717, 1.165) is 12.0 Å². The molecular formula is C14H24N2O4. The highest BCUT2D eigenvalue weighted by atomic mass is 16.5. The molecule has 1 aliphatic heterocycles. The van der Waals surface area contributed by atoms with Gasteiger partial charge in [-0.2, -0.15) is 0 Å². The number of hydrogen-bond acceptors (Lipinski definition) is 4. The fourth-order valence-corrected chi connectivity index (χ4v) is 2.05. The van der Waals surface area contributed by atoms with E-state index in [-0.39, 0.29) is 24.4 Å². The zero-order valence-electron chi connectivity index (χ0n) is 12.5. The Hall–Kier alpha value is -1.56. The van der Waals surface area contributed by atoms with E-state index in [2.05, 4.69) is 11.9 Å². The van der Waals surface area contributed by atoms with Gasteiger partial charge in [-0.15, -0.1) is 0 Å². The Labute approximate surface area is 120 Å². The van der Waals surface area contributed by atoms with Crippen LogP contribution in [0.4, 0.5) is 4.79 Å². The van der Waals surface area contributed by atoms with Crippen molar-refractivity contribution >= 4 is 12.0 Å². The highest BCUT2D eigenvalue weighted by molar-refractivity contribution is 5.83. The molecular weight excluding hydrogens is 260 g/mol. The maximum absolute atomic E-state index is 12.1. The zero-order chi connectivity index (χ0) is 15.1. The molecule has 1 saturated heterocycles. The maximum atomic E-state index is 12.1. The van der Waals surface area contributed by atoms with E-state index in [1.807, 2.05) is 13.8 Å². The van der Waals surface area contributed by atoms with Crippen molar-refractivity contribution in [2.45, 2.75) is 26.3 Å². The van der Waals surface area contributed by atoms with Gasteiger partial charge in [0.1, 0.15) is 6.54 Å². The van der Waals surface area contributed by atoms with Gasteiger partial charge in [-0.05, 0) is 12.3 Å². The van der Waals surface area contributed by atoms with Crippen LogP contribution in [-0.2, 0) is 14.3 Å². The topological polar surface area (TPSA) is 67.9 Å². The molecule has 2 amide bonds. The van der Waals surface area contributed by atoms with E-state index in [4.69, 9.17) is 9.47 Å². The Morgan fingerprint density at radius 3 is 2.80 bits per heavy atom. The molecule has 1 N–H and O–H groups in total. The first-order chi connectivity index (χ1) is 9.43. The quantitative estimate of drug-likeness (QED) is 0.744. The predicted molar refractivity (Wildman–Crippen MR) is 75.3 cm³/mol. The molecule has 20 heavy (non-hydrogen) atoms. The molecule has 1 atom stereocenters. The average Bonchev–Trinajstić information content (AvgIpc) is 2.75. The summed E-state index contributed by atoms with van der Waals surface area (Å²) in [6.45, 7) is 9.07. The van der Waals surface area contributed by atoms with Crippen molar-refractivity contribution in [2.75, 3.05) is 33.4 Å². The van der Waals surface area contributed by atoms with E-state index in [1.165, 1.54) is 0 Å². The van der Waals surface area contributed by atoms with Crippen LogP contribution in [0.25, 0.3) is 0 Å². The lowest BCUT2D eigenvalue weighted by Crippen LogP contribution is -2.44. The third-order valence-electron chi connectivity index (χ3n) is 2.97. The fourth-order valence-electron chi connectivity index (χ4n) is 2.05. The number of carbonyl (C=O) groups is 2. The van der Waals surface area contributed by atoms with Crippen LogP contribution in [0, 0.1) is 5.92 Å². The first kappa shape index (κ1) is 16.5. The number of likely N-dealkylation sites (tertiary alicyclic amines) is 1. The SMILES string of the molecule is C=C1C[C@@H](COC)N(C(=O)CNC(=O)OCC(C)C)C1. The average molecular weight is 284 g/mol. The van der Waals surface area contributed by atoms with Crippen LogP contribution in [-0.4, -0.2) is 56.4 Å². The Balaban J connectivity index is 2.38. The lowest BCUT2D eigenvalue weighted by Gasteiger charge is -2.23. The number of hydrogen-bond donors (Lipinski definition) is 1. The van der Waals surface area contributed by atoms with Crippen molar-refractivity contribution in [2.24, 2.45) is 5.92 Å². The molecule has 6 heteroatoms.